The third-order valence-electron chi connectivity index (χ3n) is 3.51. The molecule has 0 aromatic heterocycles. The molecule has 2 saturated heterocycles. The fraction of sp³-hybridized carbons (Fsp3) is 1.00. The van der Waals surface area contributed by atoms with Gasteiger partial charge >= 0.3 is 0 Å². The van der Waals surface area contributed by atoms with E-state index in [0.29, 0.717) is 0 Å². The summed E-state index contributed by atoms with van der Waals surface area (Å²) in [4.78, 5) is 2.73. The number of nitrogens with one attached hydrogen (secondary N) is 1. The third-order valence-corrected chi connectivity index (χ3v) is 3.51. The molecular weight excluding hydrogens is 196 g/mol. The Bertz CT molecular complexity index is 157. The van der Waals surface area contributed by atoms with Gasteiger partial charge in [-0.15, -0.1) is 12.4 Å². The summed E-state index contributed by atoms with van der Waals surface area (Å²) in [7, 11) is 0. The summed E-state index contributed by atoms with van der Waals surface area (Å²) in [6, 6.07) is 0.893. The zero-order valence-electron chi connectivity index (χ0n) is 9.17. The first-order chi connectivity index (χ1) is 6.36. The average molecular weight is 219 g/mol. The largest absolute Gasteiger partial charge is 0.317 e. The van der Waals surface area contributed by atoms with Gasteiger partial charge in [0.1, 0.15) is 0 Å². The number of piperidine rings is 2. The van der Waals surface area contributed by atoms with E-state index in [-0.39, 0.29) is 12.4 Å². The molecule has 0 spiro atoms. The molecule has 2 aliphatic rings. The van der Waals surface area contributed by atoms with Gasteiger partial charge in [0.05, 0.1) is 0 Å². The molecular formula is C11H23ClN2. The van der Waals surface area contributed by atoms with E-state index in [1.54, 1.807) is 0 Å². The van der Waals surface area contributed by atoms with Crippen molar-refractivity contribution in [3.05, 3.63) is 0 Å². The first kappa shape index (κ1) is 12.3. The van der Waals surface area contributed by atoms with E-state index in [1.807, 2.05) is 0 Å². The molecule has 14 heavy (non-hydrogen) atoms. The number of likely N-dealkylation sites (tertiary alicyclic amines) is 1. The van der Waals surface area contributed by atoms with Crippen LogP contribution in [0.1, 0.15) is 32.6 Å². The van der Waals surface area contributed by atoms with Crippen molar-refractivity contribution in [1.29, 1.82) is 0 Å². The van der Waals surface area contributed by atoms with Crippen LogP contribution in [0.4, 0.5) is 0 Å². The van der Waals surface area contributed by atoms with Crippen LogP contribution in [-0.2, 0) is 0 Å². The van der Waals surface area contributed by atoms with E-state index in [2.05, 4.69) is 17.1 Å². The van der Waals surface area contributed by atoms with Crippen molar-refractivity contribution in [3.8, 4) is 0 Å². The van der Waals surface area contributed by atoms with Gasteiger partial charge in [-0.25, -0.2) is 0 Å². The average Bonchev–Trinajstić information content (AvgIpc) is 2.19. The van der Waals surface area contributed by atoms with Crippen LogP contribution in [-0.4, -0.2) is 37.1 Å². The number of halogens is 1. The van der Waals surface area contributed by atoms with Gasteiger partial charge in [0.25, 0.3) is 0 Å². The molecule has 2 aliphatic heterocycles. The fourth-order valence-electron chi connectivity index (χ4n) is 2.73. The topological polar surface area (TPSA) is 15.3 Å². The highest BCUT2D eigenvalue weighted by Crippen LogP contribution is 2.21. The highest BCUT2D eigenvalue weighted by molar-refractivity contribution is 5.85. The van der Waals surface area contributed by atoms with Gasteiger partial charge in [-0.3, -0.25) is 0 Å². The van der Waals surface area contributed by atoms with Gasteiger partial charge in [0, 0.05) is 12.6 Å². The van der Waals surface area contributed by atoms with Crippen LogP contribution in [0, 0.1) is 5.92 Å². The summed E-state index contributed by atoms with van der Waals surface area (Å²) in [5, 5.41) is 3.44. The predicted molar refractivity (Wildman–Crippen MR) is 63.1 cm³/mol. The standard InChI is InChI=1S/C11H22N2.ClH/c1-10-3-2-8-13(9-10)11-4-6-12-7-5-11;/h10-12H,2-9H2,1H3;1H. The number of hydrogen-bond acceptors (Lipinski definition) is 2. The monoisotopic (exact) mass is 218 g/mol. The second kappa shape index (κ2) is 5.94. The molecule has 3 heteroatoms. The zero-order chi connectivity index (χ0) is 9.10. The highest BCUT2D eigenvalue weighted by Gasteiger charge is 2.24. The molecule has 0 radical (unpaired) electrons. The van der Waals surface area contributed by atoms with Crippen molar-refractivity contribution in [1.82, 2.24) is 10.2 Å². The second-order valence-corrected chi connectivity index (χ2v) is 4.72. The van der Waals surface area contributed by atoms with Crippen LogP contribution in [0.3, 0.4) is 0 Å². The smallest absolute Gasteiger partial charge is 0.0119 e. The third kappa shape index (κ3) is 3.11. The lowest BCUT2D eigenvalue weighted by atomic mass is 9.96. The molecule has 0 saturated carbocycles. The molecule has 2 fully saturated rings. The van der Waals surface area contributed by atoms with Crippen LogP contribution in [0.25, 0.3) is 0 Å². The van der Waals surface area contributed by atoms with Crippen LogP contribution in [0.15, 0.2) is 0 Å². The molecule has 0 aromatic carbocycles. The first-order valence-electron chi connectivity index (χ1n) is 5.81. The number of nitrogens with zero attached hydrogens (tertiary/aromatic N) is 1. The Morgan fingerprint density at radius 2 is 1.86 bits per heavy atom. The van der Waals surface area contributed by atoms with Gasteiger partial charge in [0.15, 0.2) is 0 Å². The Labute approximate surface area is 93.8 Å². The molecule has 1 atom stereocenters. The minimum Gasteiger partial charge on any atom is -0.317 e. The van der Waals surface area contributed by atoms with E-state index in [0.717, 1.165) is 12.0 Å². The summed E-state index contributed by atoms with van der Waals surface area (Å²) < 4.78 is 0. The lowest BCUT2D eigenvalue weighted by molar-refractivity contribution is 0.108. The van der Waals surface area contributed by atoms with Crippen molar-refractivity contribution in [2.75, 3.05) is 26.2 Å². The van der Waals surface area contributed by atoms with Gasteiger partial charge in [-0.2, -0.15) is 0 Å². The van der Waals surface area contributed by atoms with E-state index < -0.39 is 0 Å². The molecule has 0 amide bonds. The number of hydrogen-bond donors (Lipinski definition) is 1. The molecule has 84 valence electrons. The predicted octanol–water partition coefficient (Wildman–Crippen LogP) is 1.89. The maximum atomic E-state index is 3.44. The minimum absolute atomic E-state index is 0. The minimum atomic E-state index is 0. The normalized spacial score (nSPS) is 31.1. The molecule has 2 rings (SSSR count). The van der Waals surface area contributed by atoms with Crippen LogP contribution in [0.5, 0.6) is 0 Å². The first-order valence-corrected chi connectivity index (χ1v) is 5.81. The van der Waals surface area contributed by atoms with Crippen molar-refractivity contribution in [2.45, 2.75) is 38.6 Å². The number of rotatable bonds is 1. The van der Waals surface area contributed by atoms with E-state index in [1.165, 1.54) is 51.9 Å². The Kier molecular flexibility index (Phi) is 5.21. The summed E-state index contributed by atoms with van der Waals surface area (Å²) in [5.74, 6) is 0.934. The maximum Gasteiger partial charge on any atom is 0.0119 e. The summed E-state index contributed by atoms with van der Waals surface area (Å²) in [6.45, 7) is 7.57. The molecule has 1 N–H and O–H groups in total. The van der Waals surface area contributed by atoms with Gasteiger partial charge in [0.2, 0.25) is 0 Å². The van der Waals surface area contributed by atoms with Crippen molar-refractivity contribution < 1.29 is 0 Å². The second-order valence-electron chi connectivity index (χ2n) is 4.72. The Morgan fingerprint density at radius 1 is 1.14 bits per heavy atom. The molecule has 0 bridgehead atoms. The summed E-state index contributed by atoms with van der Waals surface area (Å²) in [5.41, 5.74) is 0. The maximum absolute atomic E-state index is 3.44. The zero-order valence-corrected chi connectivity index (χ0v) is 9.98. The lowest BCUT2D eigenvalue weighted by Crippen LogP contribution is -2.47. The molecule has 0 aliphatic carbocycles. The molecule has 2 nitrogen and oxygen atoms in total. The SMILES string of the molecule is CC1CCCN(C2CCNCC2)C1.Cl. The van der Waals surface area contributed by atoms with E-state index in [4.69, 9.17) is 0 Å². The van der Waals surface area contributed by atoms with Crippen LogP contribution < -0.4 is 5.32 Å². The van der Waals surface area contributed by atoms with Gasteiger partial charge < -0.3 is 10.2 Å². The van der Waals surface area contributed by atoms with Crippen molar-refractivity contribution in [2.24, 2.45) is 5.92 Å². The van der Waals surface area contributed by atoms with Crippen LogP contribution in [0.2, 0.25) is 0 Å². The van der Waals surface area contributed by atoms with Gasteiger partial charge in [-0.05, 0) is 51.2 Å². The van der Waals surface area contributed by atoms with Crippen molar-refractivity contribution >= 4 is 12.4 Å². The van der Waals surface area contributed by atoms with E-state index in [9.17, 15) is 0 Å². The summed E-state index contributed by atoms with van der Waals surface area (Å²) in [6.07, 6.45) is 5.60. The molecule has 2 heterocycles. The molecule has 0 aromatic rings. The fourth-order valence-corrected chi connectivity index (χ4v) is 2.73. The summed E-state index contributed by atoms with van der Waals surface area (Å²) >= 11 is 0. The Morgan fingerprint density at radius 3 is 2.50 bits per heavy atom. The lowest BCUT2D eigenvalue weighted by Gasteiger charge is -2.39. The van der Waals surface area contributed by atoms with Gasteiger partial charge in [-0.1, -0.05) is 6.92 Å². The van der Waals surface area contributed by atoms with E-state index >= 15 is 0 Å². The van der Waals surface area contributed by atoms with Crippen molar-refractivity contribution in [3.63, 3.8) is 0 Å². The van der Waals surface area contributed by atoms with Crippen LogP contribution >= 0.6 is 12.4 Å². The highest BCUT2D eigenvalue weighted by atomic mass is 35.5. The Balaban J connectivity index is 0.000000980. The molecule has 1 unspecified atom stereocenters. The quantitative estimate of drug-likeness (QED) is 0.723. The Hall–Kier alpha value is 0.210.